The first-order valence-corrected chi connectivity index (χ1v) is 9.83. The Kier molecular flexibility index (Phi) is 7.37. The third kappa shape index (κ3) is 7.93. The Morgan fingerprint density at radius 3 is 2.32 bits per heavy atom. The van der Waals surface area contributed by atoms with Crippen LogP contribution in [0.3, 0.4) is 0 Å². The lowest BCUT2D eigenvalue weighted by atomic mass is 9.86. The fraction of sp³-hybridized carbons (Fsp3) is 1.00. The van der Waals surface area contributed by atoms with E-state index in [2.05, 4.69) is 19.2 Å². The summed E-state index contributed by atoms with van der Waals surface area (Å²) in [5.74, 6) is 2.30. The van der Waals surface area contributed by atoms with Crippen LogP contribution in [0.4, 0.5) is 0 Å². The largest absolute Gasteiger partial charge is 0.316 e. The van der Waals surface area contributed by atoms with E-state index in [1.807, 2.05) is 0 Å². The molecule has 4 heteroatoms. The average molecular weight is 289 g/mol. The standard InChI is InChI=1S/C15H31NO2S/c1-13(2)11-16-12-15-8-6-4-5-7-14(15)9-10-19(3,17)18/h13-16H,4-12H2,1-3H3. The van der Waals surface area contributed by atoms with Gasteiger partial charge in [-0.1, -0.05) is 39.5 Å². The number of rotatable bonds is 7. The van der Waals surface area contributed by atoms with E-state index in [-0.39, 0.29) is 0 Å². The van der Waals surface area contributed by atoms with Crippen molar-refractivity contribution in [3.63, 3.8) is 0 Å². The minimum absolute atomic E-state index is 0.359. The Hall–Kier alpha value is -0.0900. The zero-order valence-corrected chi connectivity index (χ0v) is 13.6. The van der Waals surface area contributed by atoms with E-state index in [9.17, 15) is 8.42 Å². The molecule has 0 heterocycles. The molecule has 0 bridgehead atoms. The highest BCUT2D eigenvalue weighted by molar-refractivity contribution is 7.90. The minimum Gasteiger partial charge on any atom is -0.316 e. The van der Waals surface area contributed by atoms with Gasteiger partial charge in [0.2, 0.25) is 0 Å². The predicted molar refractivity (Wildman–Crippen MR) is 82.1 cm³/mol. The summed E-state index contributed by atoms with van der Waals surface area (Å²) < 4.78 is 22.7. The minimum atomic E-state index is -2.81. The summed E-state index contributed by atoms with van der Waals surface area (Å²) in [6.45, 7) is 6.57. The molecule has 0 aromatic heterocycles. The summed E-state index contributed by atoms with van der Waals surface area (Å²) >= 11 is 0. The van der Waals surface area contributed by atoms with Crippen LogP contribution in [0.15, 0.2) is 0 Å². The van der Waals surface area contributed by atoms with Gasteiger partial charge in [-0.3, -0.25) is 0 Å². The van der Waals surface area contributed by atoms with Gasteiger partial charge in [-0.05, 0) is 43.7 Å². The predicted octanol–water partition coefficient (Wildman–Crippen LogP) is 2.86. The summed E-state index contributed by atoms with van der Waals surface area (Å²) in [4.78, 5) is 0. The van der Waals surface area contributed by atoms with Gasteiger partial charge in [0.1, 0.15) is 9.84 Å². The number of hydrogen-bond acceptors (Lipinski definition) is 3. The number of hydrogen-bond donors (Lipinski definition) is 1. The van der Waals surface area contributed by atoms with Crippen molar-refractivity contribution in [1.82, 2.24) is 5.32 Å². The zero-order chi connectivity index (χ0) is 14.3. The zero-order valence-electron chi connectivity index (χ0n) is 12.8. The smallest absolute Gasteiger partial charge is 0.147 e. The van der Waals surface area contributed by atoms with E-state index in [1.54, 1.807) is 0 Å². The highest BCUT2D eigenvalue weighted by Crippen LogP contribution is 2.31. The van der Waals surface area contributed by atoms with Crippen LogP contribution in [-0.4, -0.2) is 33.5 Å². The van der Waals surface area contributed by atoms with Crippen LogP contribution in [0.1, 0.15) is 52.4 Å². The Balaban J connectivity index is 2.46. The summed E-state index contributed by atoms with van der Waals surface area (Å²) in [5.41, 5.74) is 0. The van der Waals surface area contributed by atoms with Crippen LogP contribution in [0.25, 0.3) is 0 Å². The summed E-state index contributed by atoms with van der Waals surface area (Å²) in [6.07, 6.45) is 8.58. The summed E-state index contributed by atoms with van der Waals surface area (Å²) in [5, 5.41) is 3.56. The molecule has 1 rings (SSSR count). The topological polar surface area (TPSA) is 46.2 Å². The van der Waals surface area contributed by atoms with Gasteiger partial charge in [-0.25, -0.2) is 8.42 Å². The van der Waals surface area contributed by atoms with Gasteiger partial charge in [0, 0.05) is 6.26 Å². The van der Waals surface area contributed by atoms with Crippen molar-refractivity contribution < 1.29 is 8.42 Å². The van der Waals surface area contributed by atoms with Crippen LogP contribution < -0.4 is 5.32 Å². The van der Waals surface area contributed by atoms with Crippen molar-refractivity contribution in [2.75, 3.05) is 25.1 Å². The molecule has 0 saturated heterocycles. The van der Waals surface area contributed by atoms with Crippen molar-refractivity contribution >= 4 is 9.84 Å². The van der Waals surface area contributed by atoms with Gasteiger partial charge in [0.25, 0.3) is 0 Å². The summed E-state index contributed by atoms with van der Waals surface area (Å²) in [6, 6.07) is 0. The second-order valence-corrected chi connectivity index (χ2v) is 8.89. The van der Waals surface area contributed by atoms with Crippen molar-refractivity contribution in [1.29, 1.82) is 0 Å². The average Bonchev–Trinajstić information content (AvgIpc) is 2.50. The fourth-order valence-electron chi connectivity index (χ4n) is 3.03. The molecule has 3 nitrogen and oxygen atoms in total. The quantitative estimate of drug-likeness (QED) is 0.733. The lowest BCUT2D eigenvalue weighted by Gasteiger charge is -2.25. The molecule has 114 valence electrons. The molecule has 0 aliphatic heterocycles. The van der Waals surface area contributed by atoms with Crippen molar-refractivity contribution in [2.24, 2.45) is 17.8 Å². The Labute approximate surface area is 119 Å². The Bertz CT molecular complexity index is 338. The third-order valence-corrected chi connectivity index (χ3v) is 5.11. The maximum absolute atomic E-state index is 11.4. The normalized spacial score (nSPS) is 25.5. The van der Waals surface area contributed by atoms with Gasteiger partial charge in [-0.15, -0.1) is 0 Å². The second-order valence-electron chi connectivity index (χ2n) is 6.63. The van der Waals surface area contributed by atoms with Crippen LogP contribution in [0.2, 0.25) is 0 Å². The molecule has 1 fully saturated rings. The molecule has 2 unspecified atom stereocenters. The van der Waals surface area contributed by atoms with E-state index in [0.29, 0.717) is 23.5 Å². The van der Waals surface area contributed by atoms with Crippen molar-refractivity contribution in [2.45, 2.75) is 52.4 Å². The van der Waals surface area contributed by atoms with Gasteiger partial charge in [0.05, 0.1) is 5.75 Å². The van der Waals surface area contributed by atoms with Crippen LogP contribution in [-0.2, 0) is 9.84 Å². The number of nitrogens with one attached hydrogen (secondary N) is 1. The van der Waals surface area contributed by atoms with E-state index >= 15 is 0 Å². The molecule has 19 heavy (non-hydrogen) atoms. The van der Waals surface area contributed by atoms with Crippen LogP contribution >= 0.6 is 0 Å². The van der Waals surface area contributed by atoms with E-state index < -0.39 is 9.84 Å². The van der Waals surface area contributed by atoms with Crippen LogP contribution in [0.5, 0.6) is 0 Å². The molecular formula is C15H31NO2S. The molecular weight excluding hydrogens is 258 g/mol. The molecule has 1 aliphatic rings. The Morgan fingerprint density at radius 1 is 1.11 bits per heavy atom. The highest BCUT2D eigenvalue weighted by Gasteiger charge is 2.24. The third-order valence-electron chi connectivity index (χ3n) is 4.14. The van der Waals surface area contributed by atoms with Gasteiger partial charge < -0.3 is 5.32 Å². The van der Waals surface area contributed by atoms with E-state index in [1.165, 1.54) is 38.4 Å². The van der Waals surface area contributed by atoms with Gasteiger partial charge in [0.15, 0.2) is 0 Å². The fourth-order valence-corrected chi connectivity index (χ4v) is 3.76. The van der Waals surface area contributed by atoms with Gasteiger partial charge >= 0.3 is 0 Å². The van der Waals surface area contributed by atoms with Gasteiger partial charge in [-0.2, -0.15) is 0 Å². The molecule has 2 atom stereocenters. The lowest BCUT2D eigenvalue weighted by Crippen LogP contribution is -2.31. The first kappa shape index (κ1) is 17.0. The van der Waals surface area contributed by atoms with Crippen LogP contribution in [0, 0.1) is 17.8 Å². The molecule has 1 N–H and O–H groups in total. The number of sulfone groups is 1. The Morgan fingerprint density at radius 2 is 1.74 bits per heavy atom. The molecule has 0 aromatic rings. The molecule has 1 aliphatic carbocycles. The van der Waals surface area contributed by atoms with Crippen molar-refractivity contribution in [3.05, 3.63) is 0 Å². The maximum Gasteiger partial charge on any atom is 0.147 e. The molecule has 0 radical (unpaired) electrons. The molecule has 1 saturated carbocycles. The lowest BCUT2D eigenvalue weighted by molar-refractivity contribution is 0.289. The van der Waals surface area contributed by atoms with Crippen molar-refractivity contribution in [3.8, 4) is 0 Å². The maximum atomic E-state index is 11.4. The van der Waals surface area contributed by atoms with E-state index in [0.717, 1.165) is 19.5 Å². The molecule has 0 aromatic carbocycles. The second kappa shape index (κ2) is 8.25. The molecule has 0 spiro atoms. The monoisotopic (exact) mass is 289 g/mol. The van der Waals surface area contributed by atoms with E-state index in [4.69, 9.17) is 0 Å². The highest BCUT2D eigenvalue weighted by atomic mass is 32.2. The first-order chi connectivity index (χ1) is 8.88. The SMILES string of the molecule is CC(C)CNCC1CCCCCC1CCS(C)(=O)=O. The first-order valence-electron chi connectivity index (χ1n) is 7.77. The molecule has 0 amide bonds. The summed E-state index contributed by atoms with van der Waals surface area (Å²) in [7, 11) is -2.81.